The molecule has 0 unspecified atom stereocenters. The minimum absolute atomic E-state index is 0.195. The van der Waals surface area contributed by atoms with E-state index in [1.54, 1.807) is 24.3 Å². The number of esters is 1. The summed E-state index contributed by atoms with van der Waals surface area (Å²) in [6.07, 6.45) is 4.49. The third-order valence-electron chi connectivity index (χ3n) is 3.87. The number of amides is 1. The SMILES string of the molecule is C[C@H]1CCCC[C@H]1NC(=O)COC(=O)c1ccc(Cl)cc1. The Hall–Kier alpha value is -1.55. The van der Waals surface area contributed by atoms with E-state index in [4.69, 9.17) is 16.3 Å². The zero-order chi connectivity index (χ0) is 15.2. The van der Waals surface area contributed by atoms with Gasteiger partial charge in [-0.1, -0.05) is 31.4 Å². The fourth-order valence-electron chi connectivity index (χ4n) is 2.58. The maximum Gasteiger partial charge on any atom is 0.338 e. The minimum Gasteiger partial charge on any atom is -0.452 e. The molecule has 4 nitrogen and oxygen atoms in total. The number of hydrogen-bond donors (Lipinski definition) is 1. The summed E-state index contributed by atoms with van der Waals surface area (Å²) in [5.41, 5.74) is 0.387. The first kappa shape index (κ1) is 15.8. The highest BCUT2D eigenvalue weighted by molar-refractivity contribution is 6.30. The van der Waals surface area contributed by atoms with E-state index in [0.29, 0.717) is 16.5 Å². The molecule has 1 N–H and O–H groups in total. The average molecular weight is 310 g/mol. The molecule has 0 saturated heterocycles. The van der Waals surface area contributed by atoms with Crippen molar-refractivity contribution in [1.29, 1.82) is 0 Å². The lowest BCUT2D eigenvalue weighted by Crippen LogP contribution is -2.42. The van der Waals surface area contributed by atoms with Crippen molar-refractivity contribution in [2.75, 3.05) is 6.61 Å². The maximum absolute atomic E-state index is 11.8. The number of nitrogens with one attached hydrogen (secondary N) is 1. The molecule has 0 bridgehead atoms. The zero-order valence-corrected chi connectivity index (χ0v) is 12.9. The monoisotopic (exact) mass is 309 g/mol. The van der Waals surface area contributed by atoms with Gasteiger partial charge in [-0.05, 0) is 43.0 Å². The van der Waals surface area contributed by atoms with Crippen LogP contribution in [0.4, 0.5) is 0 Å². The van der Waals surface area contributed by atoms with Gasteiger partial charge in [0.25, 0.3) is 5.91 Å². The van der Waals surface area contributed by atoms with E-state index in [9.17, 15) is 9.59 Å². The molecule has 5 heteroatoms. The Labute approximate surface area is 129 Å². The van der Waals surface area contributed by atoms with Crippen LogP contribution in [0.1, 0.15) is 43.0 Å². The molecule has 1 aliphatic carbocycles. The number of hydrogen-bond acceptors (Lipinski definition) is 3. The van der Waals surface area contributed by atoms with Crippen LogP contribution in [0, 0.1) is 5.92 Å². The van der Waals surface area contributed by atoms with Crippen LogP contribution in [0.2, 0.25) is 5.02 Å². The van der Waals surface area contributed by atoms with Crippen molar-refractivity contribution < 1.29 is 14.3 Å². The van der Waals surface area contributed by atoms with Crippen LogP contribution in [0.25, 0.3) is 0 Å². The van der Waals surface area contributed by atoms with Crippen LogP contribution in [0.5, 0.6) is 0 Å². The molecule has 0 heterocycles. The summed E-state index contributed by atoms with van der Waals surface area (Å²) in [6, 6.07) is 6.57. The number of carbonyl (C=O) groups excluding carboxylic acids is 2. The summed E-state index contributed by atoms with van der Waals surface area (Å²) < 4.78 is 5.01. The number of ether oxygens (including phenoxy) is 1. The normalized spacial score (nSPS) is 21.6. The van der Waals surface area contributed by atoms with Gasteiger partial charge in [0, 0.05) is 11.1 Å². The molecule has 0 radical (unpaired) electrons. The lowest BCUT2D eigenvalue weighted by Gasteiger charge is -2.29. The van der Waals surface area contributed by atoms with Gasteiger partial charge in [0.05, 0.1) is 5.56 Å². The zero-order valence-electron chi connectivity index (χ0n) is 12.1. The third-order valence-corrected chi connectivity index (χ3v) is 4.12. The summed E-state index contributed by atoms with van der Waals surface area (Å²) in [7, 11) is 0. The van der Waals surface area contributed by atoms with E-state index in [1.807, 2.05) is 0 Å². The van der Waals surface area contributed by atoms with Gasteiger partial charge >= 0.3 is 5.97 Å². The van der Waals surface area contributed by atoms with E-state index in [0.717, 1.165) is 19.3 Å². The number of rotatable bonds is 4. The Morgan fingerprint density at radius 2 is 1.90 bits per heavy atom. The highest BCUT2D eigenvalue weighted by atomic mass is 35.5. The van der Waals surface area contributed by atoms with Gasteiger partial charge in [-0.2, -0.15) is 0 Å². The van der Waals surface area contributed by atoms with Gasteiger partial charge in [-0.15, -0.1) is 0 Å². The van der Waals surface area contributed by atoms with Crippen molar-refractivity contribution in [1.82, 2.24) is 5.32 Å². The van der Waals surface area contributed by atoms with E-state index < -0.39 is 5.97 Å². The van der Waals surface area contributed by atoms with E-state index in [1.165, 1.54) is 6.42 Å². The molecule has 2 rings (SSSR count). The Morgan fingerprint density at radius 3 is 2.57 bits per heavy atom. The predicted molar refractivity (Wildman–Crippen MR) is 81.3 cm³/mol. The van der Waals surface area contributed by atoms with Crippen molar-refractivity contribution in [3.05, 3.63) is 34.9 Å². The fourth-order valence-corrected chi connectivity index (χ4v) is 2.71. The minimum atomic E-state index is -0.515. The van der Waals surface area contributed by atoms with Crippen molar-refractivity contribution in [2.24, 2.45) is 5.92 Å². The van der Waals surface area contributed by atoms with E-state index >= 15 is 0 Å². The topological polar surface area (TPSA) is 55.4 Å². The van der Waals surface area contributed by atoms with Gasteiger partial charge in [0.15, 0.2) is 6.61 Å². The Kier molecular flexibility index (Phi) is 5.62. The molecule has 1 fully saturated rings. The van der Waals surface area contributed by atoms with Crippen LogP contribution in [-0.2, 0) is 9.53 Å². The van der Waals surface area contributed by atoms with Crippen molar-refractivity contribution in [2.45, 2.75) is 38.6 Å². The first-order valence-corrected chi connectivity index (χ1v) is 7.66. The first-order valence-electron chi connectivity index (χ1n) is 7.28. The molecule has 1 aromatic carbocycles. The number of halogens is 1. The second kappa shape index (κ2) is 7.46. The summed E-state index contributed by atoms with van der Waals surface area (Å²) in [5, 5.41) is 3.50. The van der Waals surface area contributed by atoms with Crippen LogP contribution in [0.3, 0.4) is 0 Å². The lowest BCUT2D eigenvalue weighted by atomic mass is 9.86. The molecule has 21 heavy (non-hydrogen) atoms. The lowest BCUT2D eigenvalue weighted by molar-refractivity contribution is -0.125. The van der Waals surface area contributed by atoms with Crippen LogP contribution < -0.4 is 5.32 Å². The predicted octanol–water partition coefficient (Wildman–Crippen LogP) is 3.19. The Balaban J connectivity index is 1.78. The molecule has 1 amide bonds. The largest absolute Gasteiger partial charge is 0.452 e. The quantitative estimate of drug-likeness (QED) is 0.869. The van der Waals surface area contributed by atoms with Gasteiger partial charge in [0.1, 0.15) is 0 Å². The molecule has 1 aromatic rings. The average Bonchev–Trinajstić information content (AvgIpc) is 2.48. The van der Waals surface area contributed by atoms with Crippen molar-refractivity contribution >= 4 is 23.5 Å². The molecule has 2 atom stereocenters. The molecule has 0 aromatic heterocycles. The second-order valence-electron chi connectivity index (χ2n) is 5.52. The molecular formula is C16H20ClNO3. The number of carbonyl (C=O) groups is 2. The van der Waals surface area contributed by atoms with Crippen LogP contribution in [-0.4, -0.2) is 24.5 Å². The number of benzene rings is 1. The fraction of sp³-hybridized carbons (Fsp3) is 0.500. The van der Waals surface area contributed by atoms with Crippen molar-refractivity contribution in [3.8, 4) is 0 Å². The molecule has 114 valence electrons. The summed E-state index contributed by atoms with van der Waals surface area (Å²) in [4.78, 5) is 23.6. The second-order valence-corrected chi connectivity index (χ2v) is 5.96. The summed E-state index contributed by atoms with van der Waals surface area (Å²) in [5.74, 6) is -0.274. The van der Waals surface area contributed by atoms with Gasteiger partial charge in [0.2, 0.25) is 0 Å². The van der Waals surface area contributed by atoms with Gasteiger partial charge in [-0.25, -0.2) is 4.79 Å². The van der Waals surface area contributed by atoms with Crippen molar-refractivity contribution in [3.63, 3.8) is 0 Å². The van der Waals surface area contributed by atoms with Crippen LogP contribution >= 0.6 is 11.6 Å². The maximum atomic E-state index is 11.8. The molecule has 1 saturated carbocycles. The molecule has 0 spiro atoms. The molecular weight excluding hydrogens is 290 g/mol. The highest BCUT2D eigenvalue weighted by Gasteiger charge is 2.23. The smallest absolute Gasteiger partial charge is 0.338 e. The van der Waals surface area contributed by atoms with E-state index in [-0.39, 0.29) is 18.6 Å². The highest BCUT2D eigenvalue weighted by Crippen LogP contribution is 2.23. The molecule has 0 aliphatic heterocycles. The first-order chi connectivity index (χ1) is 10.1. The Bertz CT molecular complexity index is 501. The van der Waals surface area contributed by atoms with Gasteiger partial charge in [-0.3, -0.25) is 4.79 Å². The standard InChI is InChI=1S/C16H20ClNO3/c1-11-4-2-3-5-14(11)18-15(19)10-21-16(20)12-6-8-13(17)9-7-12/h6-9,11,14H,2-5,10H2,1H3,(H,18,19)/t11-,14+/m0/s1. The molecule has 1 aliphatic rings. The van der Waals surface area contributed by atoms with Crippen LogP contribution in [0.15, 0.2) is 24.3 Å². The van der Waals surface area contributed by atoms with Gasteiger partial charge < -0.3 is 10.1 Å². The van der Waals surface area contributed by atoms with E-state index in [2.05, 4.69) is 12.2 Å². The Morgan fingerprint density at radius 1 is 1.24 bits per heavy atom. The summed E-state index contributed by atoms with van der Waals surface area (Å²) >= 11 is 5.75. The summed E-state index contributed by atoms with van der Waals surface area (Å²) in [6.45, 7) is 1.90. The third kappa shape index (κ3) is 4.74.